The van der Waals surface area contributed by atoms with Crippen LogP contribution in [0.2, 0.25) is 5.28 Å². The van der Waals surface area contributed by atoms with Crippen molar-refractivity contribution in [3.8, 4) is 5.88 Å². The molecule has 19 heavy (non-hydrogen) atoms. The minimum absolute atomic E-state index is 0.111. The van der Waals surface area contributed by atoms with Gasteiger partial charge in [-0.25, -0.2) is 4.98 Å². The number of aromatic nitrogens is 4. The second kappa shape index (κ2) is 5.17. The van der Waals surface area contributed by atoms with E-state index in [1.807, 2.05) is 16.7 Å². The van der Waals surface area contributed by atoms with Gasteiger partial charge in [0.05, 0.1) is 13.7 Å². The van der Waals surface area contributed by atoms with E-state index in [-0.39, 0.29) is 5.41 Å². The van der Waals surface area contributed by atoms with E-state index in [9.17, 15) is 0 Å². The molecule has 0 amide bonds. The van der Waals surface area contributed by atoms with E-state index in [4.69, 9.17) is 16.3 Å². The summed E-state index contributed by atoms with van der Waals surface area (Å²) >= 11 is 6.10. The first-order chi connectivity index (χ1) is 8.91. The zero-order chi connectivity index (χ0) is 14.0. The summed E-state index contributed by atoms with van der Waals surface area (Å²) < 4.78 is 6.93. The van der Waals surface area contributed by atoms with Gasteiger partial charge >= 0.3 is 0 Å². The van der Waals surface area contributed by atoms with Crippen LogP contribution < -0.4 is 4.74 Å². The fourth-order valence-corrected chi connectivity index (χ4v) is 1.96. The van der Waals surface area contributed by atoms with Gasteiger partial charge in [-0.05, 0) is 17.2 Å². The lowest BCUT2D eigenvalue weighted by atomic mass is 9.95. The third-order valence-corrected chi connectivity index (χ3v) is 3.00. The summed E-state index contributed by atoms with van der Waals surface area (Å²) in [6.07, 6.45) is 1.77. The molecule has 2 rings (SSSR count). The molecule has 0 bridgehead atoms. The molecule has 5 nitrogen and oxygen atoms in total. The first-order valence-electron chi connectivity index (χ1n) is 6.00. The Kier molecular flexibility index (Phi) is 3.75. The first kappa shape index (κ1) is 13.8. The van der Waals surface area contributed by atoms with Crippen LogP contribution in [0.15, 0.2) is 18.3 Å². The van der Waals surface area contributed by atoms with Gasteiger partial charge in [0.2, 0.25) is 11.2 Å². The summed E-state index contributed by atoms with van der Waals surface area (Å²) in [5, 5.41) is 8.49. The first-order valence-corrected chi connectivity index (χ1v) is 6.37. The second-order valence-corrected chi connectivity index (χ2v) is 5.68. The monoisotopic (exact) mass is 280 g/mol. The van der Waals surface area contributed by atoms with Gasteiger partial charge in [-0.3, -0.25) is 4.57 Å². The van der Waals surface area contributed by atoms with Gasteiger partial charge < -0.3 is 4.74 Å². The van der Waals surface area contributed by atoms with Crippen LogP contribution in [-0.4, -0.2) is 26.9 Å². The molecule has 102 valence electrons. The Bertz CT molecular complexity index is 557. The quantitative estimate of drug-likeness (QED) is 0.867. The molecule has 0 aliphatic rings. The Morgan fingerprint density at radius 1 is 1.26 bits per heavy atom. The summed E-state index contributed by atoms with van der Waals surface area (Å²) in [5.74, 6) is 1.45. The Labute approximate surface area is 117 Å². The lowest BCUT2D eigenvalue weighted by Gasteiger charge is -2.19. The zero-order valence-electron chi connectivity index (χ0n) is 11.5. The van der Waals surface area contributed by atoms with Crippen LogP contribution in [0.5, 0.6) is 5.88 Å². The van der Waals surface area contributed by atoms with Gasteiger partial charge in [0.25, 0.3) is 0 Å². The highest BCUT2D eigenvalue weighted by molar-refractivity contribution is 6.28. The average molecular weight is 281 g/mol. The lowest BCUT2D eigenvalue weighted by molar-refractivity contribution is 0.397. The minimum atomic E-state index is -0.111. The molecule has 0 saturated carbocycles. The van der Waals surface area contributed by atoms with Crippen molar-refractivity contribution in [2.45, 2.75) is 32.7 Å². The smallest absolute Gasteiger partial charge is 0.225 e. The number of rotatable bonds is 3. The molecule has 0 unspecified atom stereocenters. The average Bonchev–Trinajstić information content (AvgIpc) is 2.72. The van der Waals surface area contributed by atoms with Crippen LogP contribution in [0.1, 0.15) is 32.2 Å². The summed E-state index contributed by atoms with van der Waals surface area (Å²) in [7, 11) is 1.59. The van der Waals surface area contributed by atoms with E-state index in [0.717, 1.165) is 11.4 Å². The Morgan fingerprint density at radius 3 is 2.53 bits per heavy atom. The highest BCUT2D eigenvalue weighted by atomic mass is 35.5. The van der Waals surface area contributed by atoms with Gasteiger partial charge in [0.1, 0.15) is 5.82 Å². The van der Waals surface area contributed by atoms with Crippen LogP contribution in [0, 0.1) is 0 Å². The number of pyridine rings is 1. The van der Waals surface area contributed by atoms with Crippen LogP contribution >= 0.6 is 11.6 Å². The molecule has 2 aromatic rings. The number of nitrogens with zero attached hydrogens (tertiary/aromatic N) is 4. The predicted molar refractivity (Wildman–Crippen MR) is 73.6 cm³/mol. The van der Waals surface area contributed by atoms with Crippen molar-refractivity contribution in [1.82, 2.24) is 19.7 Å². The van der Waals surface area contributed by atoms with Gasteiger partial charge in [0, 0.05) is 17.7 Å². The molecule has 0 N–H and O–H groups in total. The predicted octanol–water partition coefficient (Wildman–Crippen LogP) is 2.68. The molecule has 0 spiro atoms. The Hall–Kier alpha value is -1.62. The summed E-state index contributed by atoms with van der Waals surface area (Å²) in [6, 6.07) is 3.78. The van der Waals surface area contributed by atoms with Crippen molar-refractivity contribution in [1.29, 1.82) is 0 Å². The minimum Gasteiger partial charge on any atom is -0.481 e. The third kappa shape index (κ3) is 3.04. The van der Waals surface area contributed by atoms with E-state index in [1.54, 1.807) is 13.3 Å². The van der Waals surface area contributed by atoms with Crippen LogP contribution in [-0.2, 0) is 12.0 Å². The zero-order valence-corrected chi connectivity index (χ0v) is 12.3. The standard InChI is InChI=1S/C13H17ClN4O/c1-13(2,3)11-16-17-12(14)18(11)8-9-5-6-10(19-4)15-7-9/h5-7H,8H2,1-4H3. The fourth-order valence-electron chi connectivity index (χ4n) is 1.79. The van der Waals surface area contributed by atoms with Crippen molar-refractivity contribution in [3.05, 3.63) is 35.0 Å². The van der Waals surface area contributed by atoms with E-state index in [2.05, 4.69) is 36.0 Å². The van der Waals surface area contributed by atoms with E-state index < -0.39 is 0 Å². The summed E-state index contributed by atoms with van der Waals surface area (Å²) in [4.78, 5) is 4.18. The van der Waals surface area contributed by atoms with Crippen molar-refractivity contribution < 1.29 is 4.74 Å². The number of methoxy groups -OCH3 is 1. The highest BCUT2D eigenvalue weighted by Crippen LogP contribution is 2.24. The maximum atomic E-state index is 6.10. The second-order valence-electron chi connectivity index (χ2n) is 5.34. The Balaban J connectivity index is 2.30. The van der Waals surface area contributed by atoms with Gasteiger partial charge in [0.15, 0.2) is 0 Å². The van der Waals surface area contributed by atoms with Gasteiger partial charge in [-0.2, -0.15) is 0 Å². The van der Waals surface area contributed by atoms with Gasteiger partial charge in [-0.15, -0.1) is 10.2 Å². The third-order valence-electron chi connectivity index (χ3n) is 2.72. The maximum Gasteiger partial charge on any atom is 0.225 e. The molecule has 0 fully saturated rings. The number of hydrogen-bond acceptors (Lipinski definition) is 4. The molecule has 0 radical (unpaired) electrons. The molecule has 0 aliphatic heterocycles. The summed E-state index contributed by atoms with van der Waals surface area (Å²) in [6.45, 7) is 6.83. The molecule has 6 heteroatoms. The van der Waals surface area contributed by atoms with E-state index in [1.165, 1.54) is 0 Å². The van der Waals surface area contributed by atoms with Crippen molar-refractivity contribution >= 4 is 11.6 Å². The maximum absolute atomic E-state index is 6.10. The number of ether oxygens (including phenoxy) is 1. The molecule has 0 saturated heterocycles. The summed E-state index contributed by atoms with van der Waals surface area (Å²) in [5.41, 5.74) is 0.910. The molecule has 2 heterocycles. The van der Waals surface area contributed by atoms with Gasteiger partial charge in [-0.1, -0.05) is 26.8 Å². The SMILES string of the molecule is COc1ccc(Cn2c(Cl)nnc2C(C)(C)C)cn1. The van der Waals surface area contributed by atoms with Crippen LogP contribution in [0.25, 0.3) is 0 Å². The van der Waals surface area contributed by atoms with E-state index in [0.29, 0.717) is 17.7 Å². The number of halogens is 1. The fraction of sp³-hybridized carbons (Fsp3) is 0.462. The number of hydrogen-bond donors (Lipinski definition) is 0. The van der Waals surface area contributed by atoms with Crippen molar-refractivity contribution in [2.24, 2.45) is 0 Å². The Morgan fingerprint density at radius 2 is 2.00 bits per heavy atom. The van der Waals surface area contributed by atoms with Crippen molar-refractivity contribution in [3.63, 3.8) is 0 Å². The van der Waals surface area contributed by atoms with Crippen LogP contribution in [0.4, 0.5) is 0 Å². The molecule has 0 atom stereocenters. The highest BCUT2D eigenvalue weighted by Gasteiger charge is 2.23. The van der Waals surface area contributed by atoms with E-state index >= 15 is 0 Å². The van der Waals surface area contributed by atoms with Crippen molar-refractivity contribution in [2.75, 3.05) is 7.11 Å². The normalized spacial score (nSPS) is 11.6. The molecule has 0 aliphatic carbocycles. The lowest BCUT2D eigenvalue weighted by Crippen LogP contribution is -2.19. The molecular weight excluding hydrogens is 264 g/mol. The molecular formula is C13H17ClN4O. The largest absolute Gasteiger partial charge is 0.481 e. The van der Waals surface area contributed by atoms with Crippen LogP contribution in [0.3, 0.4) is 0 Å². The molecule has 2 aromatic heterocycles. The molecule has 0 aromatic carbocycles. The topological polar surface area (TPSA) is 52.8 Å².